The van der Waals surface area contributed by atoms with Gasteiger partial charge in [0.1, 0.15) is 18.2 Å². The van der Waals surface area contributed by atoms with Gasteiger partial charge in [-0.25, -0.2) is 10.8 Å². The van der Waals surface area contributed by atoms with Crippen LogP contribution in [0.4, 0.5) is 5.82 Å². The first-order chi connectivity index (χ1) is 9.76. The molecular weight excluding hydrogens is 282 g/mol. The summed E-state index contributed by atoms with van der Waals surface area (Å²) in [5.41, 5.74) is 3.06. The molecule has 0 amide bonds. The number of nitrogens with two attached hydrogens (primary N) is 1. The Morgan fingerprint density at radius 3 is 2.95 bits per heavy atom. The van der Waals surface area contributed by atoms with Gasteiger partial charge >= 0.3 is 0 Å². The zero-order chi connectivity index (χ0) is 13.9. The number of hydrogen-bond donors (Lipinski definition) is 2. The van der Waals surface area contributed by atoms with Gasteiger partial charge in [0.15, 0.2) is 11.5 Å². The maximum absolute atomic E-state index is 6.06. The number of rotatable bonds is 4. The number of hydrogen-bond acceptors (Lipinski definition) is 6. The molecule has 2 heterocycles. The lowest BCUT2D eigenvalue weighted by molar-refractivity contribution is 0.173. The van der Waals surface area contributed by atoms with Crippen molar-refractivity contribution in [3.63, 3.8) is 0 Å². The summed E-state index contributed by atoms with van der Waals surface area (Å²) in [5.74, 6) is 7.87. The van der Waals surface area contributed by atoms with Gasteiger partial charge in [0, 0.05) is 6.07 Å². The number of fused-ring (bicyclic) bond motifs is 1. The van der Waals surface area contributed by atoms with Crippen LogP contribution in [-0.4, -0.2) is 11.8 Å². The Balaban J connectivity index is 1.73. The van der Waals surface area contributed by atoms with Crippen molar-refractivity contribution in [2.75, 3.05) is 12.2 Å². The summed E-state index contributed by atoms with van der Waals surface area (Å²) >= 11 is 6.06. The van der Waals surface area contributed by atoms with Gasteiger partial charge in [-0.05, 0) is 24.3 Å². The summed E-state index contributed by atoms with van der Waals surface area (Å²) in [6, 6.07) is 8.76. The van der Waals surface area contributed by atoms with E-state index in [1.807, 2.05) is 0 Å². The van der Waals surface area contributed by atoms with Crippen LogP contribution in [0.25, 0.3) is 0 Å². The molecule has 0 fully saturated rings. The van der Waals surface area contributed by atoms with Crippen molar-refractivity contribution in [1.82, 2.24) is 4.98 Å². The molecule has 1 aromatic heterocycles. The van der Waals surface area contributed by atoms with Crippen LogP contribution in [0.3, 0.4) is 0 Å². The van der Waals surface area contributed by atoms with Crippen LogP contribution in [0.1, 0.15) is 5.69 Å². The van der Waals surface area contributed by atoms with E-state index in [0.717, 1.165) is 0 Å². The van der Waals surface area contributed by atoms with Crippen LogP contribution >= 0.6 is 11.6 Å². The van der Waals surface area contributed by atoms with E-state index < -0.39 is 0 Å². The van der Waals surface area contributed by atoms with E-state index in [1.54, 1.807) is 30.3 Å². The van der Waals surface area contributed by atoms with E-state index in [2.05, 4.69) is 10.4 Å². The van der Waals surface area contributed by atoms with Crippen molar-refractivity contribution in [1.29, 1.82) is 0 Å². The summed E-state index contributed by atoms with van der Waals surface area (Å²) in [5, 5.41) is 0.518. The second-order valence-corrected chi connectivity index (χ2v) is 4.48. The lowest BCUT2D eigenvalue weighted by atomic mass is 10.3. The topological polar surface area (TPSA) is 78.6 Å². The van der Waals surface area contributed by atoms with Crippen LogP contribution in [-0.2, 0) is 6.61 Å². The number of nitrogens with one attached hydrogen (secondary N) is 1. The van der Waals surface area contributed by atoms with Gasteiger partial charge in [-0.2, -0.15) is 0 Å². The number of halogens is 1. The number of hydrazine groups is 1. The Morgan fingerprint density at radius 1 is 1.25 bits per heavy atom. The minimum atomic E-state index is 0.230. The van der Waals surface area contributed by atoms with Crippen molar-refractivity contribution in [2.24, 2.45) is 5.84 Å². The normalized spacial score (nSPS) is 12.3. The molecule has 1 aliphatic heterocycles. The smallest absolute Gasteiger partial charge is 0.231 e. The lowest BCUT2D eigenvalue weighted by Crippen LogP contribution is -2.10. The highest BCUT2D eigenvalue weighted by Gasteiger charge is 2.14. The second kappa shape index (κ2) is 5.44. The summed E-state index contributed by atoms with van der Waals surface area (Å²) in [7, 11) is 0. The van der Waals surface area contributed by atoms with Crippen LogP contribution in [0.2, 0.25) is 5.02 Å². The number of nitrogen functional groups attached to an aromatic ring is 1. The fourth-order valence-corrected chi connectivity index (χ4v) is 1.94. The summed E-state index contributed by atoms with van der Waals surface area (Å²) in [6.07, 6.45) is 0. The quantitative estimate of drug-likeness (QED) is 0.665. The summed E-state index contributed by atoms with van der Waals surface area (Å²) in [6.45, 7) is 0.463. The van der Waals surface area contributed by atoms with E-state index in [-0.39, 0.29) is 13.4 Å². The monoisotopic (exact) mass is 293 g/mol. The zero-order valence-corrected chi connectivity index (χ0v) is 11.2. The summed E-state index contributed by atoms with van der Waals surface area (Å²) < 4.78 is 16.2. The molecule has 0 bridgehead atoms. The van der Waals surface area contributed by atoms with Crippen molar-refractivity contribution < 1.29 is 14.2 Å². The van der Waals surface area contributed by atoms with Crippen molar-refractivity contribution in [3.8, 4) is 17.2 Å². The maximum Gasteiger partial charge on any atom is 0.231 e. The Hall–Kier alpha value is -2.18. The Kier molecular flexibility index (Phi) is 3.49. The molecular formula is C13H12ClN3O3. The van der Waals surface area contributed by atoms with Crippen LogP contribution in [0.15, 0.2) is 30.3 Å². The summed E-state index contributed by atoms with van der Waals surface area (Å²) in [4.78, 5) is 4.23. The fraction of sp³-hybridized carbons (Fsp3) is 0.154. The van der Waals surface area contributed by atoms with Gasteiger partial charge < -0.3 is 19.6 Å². The van der Waals surface area contributed by atoms with Crippen molar-refractivity contribution in [2.45, 2.75) is 6.61 Å². The van der Waals surface area contributed by atoms with Gasteiger partial charge in [0.05, 0.1) is 10.7 Å². The minimum Gasteiger partial charge on any atom is -0.487 e. The molecule has 1 aliphatic rings. The number of nitrogens with zero attached hydrogens (tertiary/aromatic N) is 1. The van der Waals surface area contributed by atoms with Gasteiger partial charge in [-0.15, -0.1) is 0 Å². The molecule has 0 radical (unpaired) electrons. The standard InChI is InChI=1S/C13H12ClN3O3/c14-9-2-4-13(17-15)16-10(9)6-18-8-1-3-11-12(5-8)20-7-19-11/h1-5H,6-7,15H2,(H,16,17). The number of ether oxygens (including phenoxy) is 3. The molecule has 6 nitrogen and oxygen atoms in total. The molecule has 0 spiro atoms. The first-order valence-electron chi connectivity index (χ1n) is 5.91. The van der Waals surface area contributed by atoms with E-state index in [4.69, 9.17) is 31.7 Å². The molecule has 0 saturated carbocycles. The van der Waals surface area contributed by atoms with Crippen LogP contribution in [0, 0.1) is 0 Å². The number of pyridine rings is 1. The van der Waals surface area contributed by atoms with Crippen LogP contribution < -0.4 is 25.5 Å². The third-order valence-electron chi connectivity index (χ3n) is 2.79. The van der Waals surface area contributed by atoms with Gasteiger partial charge in [-0.1, -0.05) is 11.6 Å². The second-order valence-electron chi connectivity index (χ2n) is 4.07. The van der Waals surface area contributed by atoms with E-state index in [9.17, 15) is 0 Å². The third kappa shape index (κ3) is 2.56. The number of benzene rings is 1. The average Bonchev–Trinajstić information content (AvgIpc) is 2.94. The van der Waals surface area contributed by atoms with E-state index >= 15 is 0 Å². The Morgan fingerprint density at radius 2 is 2.10 bits per heavy atom. The van der Waals surface area contributed by atoms with E-state index in [0.29, 0.717) is 33.8 Å². The van der Waals surface area contributed by atoms with Crippen molar-refractivity contribution >= 4 is 17.4 Å². The molecule has 7 heteroatoms. The van der Waals surface area contributed by atoms with Gasteiger partial charge in [0.25, 0.3) is 0 Å². The third-order valence-corrected chi connectivity index (χ3v) is 3.13. The van der Waals surface area contributed by atoms with Crippen molar-refractivity contribution in [3.05, 3.63) is 41.0 Å². The highest BCUT2D eigenvalue weighted by molar-refractivity contribution is 6.31. The predicted octanol–water partition coefficient (Wildman–Crippen LogP) is 2.33. The molecule has 0 saturated heterocycles. The molecule has 0 unspecified atom stereocenters. The Bertz CT molecular complexity index is 636. The highest BCUT2D eigenvalue weighted by Crippen LogP contribution is 2.35. The molecule has 2 aromatic rings. The number of aromatic nitrogens is 1. The lowest BCUT2D eigenvalue weighted by Gasteiger charge is -2.09. The van der Waals surface area contributed by atoms with Gasteiger partial charge in [0.2, 0.25) is 6.79 Å². The largest absolute Gasteiger partial charge is 0.487 e. The molecule has 0 aliphatic carbocycles. The molecule has 1 aromatic carbocycles. The molecule has 0 atom stereocenters. The first-order valence-corrected chi connectivity index (χ1v) is 6.28. The molecule has 3 N–H and O–H groups in total. The predicted molar refractivity (Wildman–Crippen MR) is 74.0 cm³/mol. The number of anilines is 1. The highest BCUT2D eigenvalue weighted by atomic mass is 35.5. The first kappa shape index (κ1) is 12.8. The molecule has 20 heavy (non-hydrogen) atoms. The minimum absolute atomic E-state index is 0.230. The SMILES string of the molecule is NNc1ccc(Cl)c(COc2ccc3c(c2)OCO3)n1. The van der Waals surface area contributed by atoms with E-state index in [1.165, 1.54) is 0 Å². The fourth-order valence-electron chi connectivity index (χ4n) is 1.78. The molecule has 104 valence electrons. The van der Waals surface area contributed by atoms with Crippen LogP contribution in [0.5, 0.6) is 17.2 Å². The van der Waals surface area contributed by atoms with Gasteiger partial charge in [-0.3, -0.25) is 0 Å². The zero-order valence-electron chi connectivity index (χ0n) is 10.4. The Labute approximate surface area is 120 Å². The molecule has 3 rings (SSSR count). The maximum atomic E-state index is 6.06. The average molecular weight is 294 g/mol.